The van der Waals surface area contributed by atoms with Crippen LogP contribution in [0.15, 0.2) is 12.2 Å². The largest absolute Gasteiger partial charge is 0.429 e. The van der Waals surface area contributed by atoms with Crippen LogP contribution in [0.5, 0.6) is 0 Å². The van der Waals surface area contributed by atoms with Gasteiger partial charge in [-0.2, -0.15) is 0 Å². The number of ether oxygens (including phenoxy) is 2. The molecule has 0 amide bonds. The molecular formula is C11H18O8. The molecule has 0 spiro atoms. The van der Waals surface area contributed by atoms with Crippen LogP contribution in [0, 0.1) is 0 Å². The third kappa shape index (κ3) is 3.72. The van der Waals surface area contributed by atoms with Crippen LogP contribution in [0.1, 0.15) is 6.42 Å². The van der Waals surface area contributed by atoms with Gasteiger partial charge in [0, 0.05) is 18.6 Å². The molecule has 5 atom stereocenters. The van der Waals surface area contributed by atoms with Gasteiger partial charge in [0.25, 0.3) is 0 Å². The average molecular weight is 278 g/mol. The summed E-state index contributed by atoms with van der Waals surface area (Å²) < 4.78 is 9.74. The second-order valence-electron chi connectivity index (χ2n) is 4.18. The molecule has 1 rings (SSSR count). The molecule has 110 valence electrons. The standard InChI is InChI=1S/C11H18O8/c1-5(2-3-12)10(17)19-11-9(16)8(15)7(14)6(4-13)18-11/h6-9,11-16H,1-4H2/t6?,7-,8?,9?,11+/m1/s1. The van der Waals surface area contributed by atoms with Gasteiger partial charge in [0.2, 0.25) is 6.29 Å². The van der Waals surface area contributed by atoms with Crippen LogP contribution in [-0.4, -0.2) is 75.4 Å². The van der Waals surface area contributed by atoms with Crippen LogP contribution in [0.3, 0.4) is 0 Å². The summed E-state index contributed by atoms with van der Waals surface area (Å²) in [4.78, 5) is 11.5. The molecule has 0 bridgehead atoms. The zero-order chi connectivity index (χ0) is 14.6. The maximum absolute atomic E-state index is 11.5. The Morgan fingerprint density at radius 3 is 2.32 bits per heavy atom. The first-order valence-electron chi connectivity index (χ1n) is 5.72. The Balaban J connectivity index is 2.66. The SMILES string of the molecule is C=C(CCO)C(=O)O[C@@H]1OC(CO)[C@@H](O)C(O)C1O. The number of rotatable bonds is 5. The summed E-state index contributed by atoms with van der Waals surface area (Å²) in [7, 11) is 0. The van der Waals surface area contributed by atoms with Crippen molar-refractivity contribution >= 4 is 5.97 Å². The zero-order valence-electron chi connectivity index (χ0n) is 10.2. The molecule has 0 aromatic rings. The minimum Gasteiger partial charge on any atom is -0.429 e. The fraction of sp³-hybridized carbons (Fsp3) is 0.727. The van der Waals surface area contributed by atoms with Crippen molar-refractivity contribution in [3.63, 3.8) is 0 Å². The van der Waals surface area contributed by atoms with E-state index in [2.05, 4.69) is 6.58 Å². The lowest BCUT2D eigenvalue weighted by molar-refractivity contribution is -0.291. The number of hydrogen-bond donors (Lipinski definition) is 5. The van der Waals surface area contributed by atoms with Crippen LogP contribution in [0.25, 0.3) is 0 Å². The van der Waals surface area contributed by atoms with E-state index in [9.17, 15) is 20.1 Å². The summed E-state index contributed by atoms with van der Waals surface area (Å²) in [6.45, 7) is 2.47. The Bertz CT molecular complexity index is 329. The number of carbonyl (C=O) groups is 1. The monoisotopic (exact) mass is 278 g/mol. The molecule has 5 N–H and O–H groups in total. The van der Waals surface area contributed by atoms with Crippen LogP contribution >= 0.6 is 0 Å². The highest BCUT2D eigenvalue weighted by molar-refractivity contribution is 5.87. The van der Waals surface area contributed by atoms with Crippen molar-refractivity contribution in [3.05, 3.63) is 12.2 Å². The number of carbonyl (C=O) groups excluding carboxylic acids is 1. The van der Waals surface area contributed by atoms with Crippen molar-refractivity contribution in [1.29, 1.82) is 0 Å². The van der Waals surface area contributed by atoms with Crippen molar-refractivity contribution in [2.75, 3.05) is 13.2 Å². The molecular weight excluding hydrogens is 260 g/mol. The minimum absolute atomic E-state index is 0.00371. The fourth-order valence-electron chi connectivity index (χ4n) is 1.59. The summed E-state index contributed by atoms with van der Waals surface area (Å²) in [5.74, 6) is -0.904. The van der Waals surface area contributed by atoms with Gasteiger partial charge in [0.15, 0.2) is 0 Å². The third-order valence-corrected chi connectivity index (χ3v) is 2.77. The molecule has 1 aliphatic rings. The van der Waals surface area contributed by atoms with Crippen molar-refractivity contribution in [2.45, 2.75) is 37.1 Å². The highest BCUT2D eigenvalue weighted by Crippen LogP contribution is 2.22. The minimum atomic E-state index is -1.65. The van der Waals surface area contributed by atoms with Crippen LogP contribution in [-0.2, 0) is 14.3 Å². The van der Waals surface area contributed by atoms with Gasteiger partial charge < -0.3 is 35.0 Å². The molecule has 0 saturated carbocycles. The fourth-order valence-corrected chi connectivity index (χ4v) is 1.59. The number of hydrogen-bond acceptors (Lipinski definition) is 8. The van der Waals surface area contributed by atoms with E-state index in [0.29, 0.717) is 0 Å². The molecule has 0 radical (unpaired) electrons. The van der Waals surface area contributed by atoms with Crippen molar-refractivity contribution in [1.82, 2.24) is 0 Å². The van der Waals surface area contributed by atoms with E-state index in [0.717, 1.165) is 0 Å². The van der Waals surface area contributed by atoms with E-state index in [1.807, 2.05) is 0 Å². The summed E-state index contributed by atoms with van der Waals surface area (Å²) >= 11 is 0. The van der Waals surface area contributed by atoms with E-state index in [1.165, 1.54) is 0 Å². The van der Waals surface area contributed by atoms with E-state index in [-0.39, 0.29) is 18.6 Å². The summed E-state index contributed by atoms with van der Waals surface area (Å²) in [5, 5.41) is 46.2. The maximum atomic E-state index is 11.5. The van der Waals surface area contributed by atoms with Crippen LogP contribution in [0.2, 0.25) is 0 Å². The second kappa shape index (κ2) is 6.94. The second-order valence-corrected chi connectivity index (χ2v) is 4.18. The predicted octanol–water partition coefficient (Wildman–Crippen LogP) is -2.73. The summed E-state index contributed by atoms with van der Waals surface area (Å²) in [6.07, 6.45) is -7.47. The molecule has 19 heavy (non-hydrogen) atoms. The first-order valence-corrected chi connectivity index (χ1v) is 5.72. The van der Waals surface area contributed by atoms with Crippen molar-refractivity contribution < 1.29 is 39.8 Å². The van der Waals surface area contributed by atoms with E-state index in [1.54, 1.807) is 0 Å². The lowest BCUT2D eigenvalue weighted by atomic mass is 9.99. The summed E-state index contributed by atoms with van der Waals surface area (Å²) in [6, 6.07) is 0. The number of aliphatic hydroxyl groups excluding tert-OH is 5. The van der Waals surface area contributed by atoms with E-state index < -0.39 is 43.3 Å². The average Bonchev–Trinajstić information content (AvgIpc) is 2.39. The number of aliphatic hydroxyl groups is 5. The molecule has 1 saturated heterocycles. The zero-order valence-corrected chi connectivity index (χ0v) is 10.2. The van der Waals surface area contributed by atoms with Crippen LogP contribution in [0.4, 0.5) is 0 Å². The third-order valence-electron chi connectivity index (χ3n) is 2.77. The molecule has 0 aromatic heterocycles. The Hall–Kier alpha value is -1.03. The molecule has 0 aromatic carbocycles. The van der Waals surface area contributed by atoms with Gasteiger partial charge in [-0.15, -0.1) is 0 Å². The topological polar surface area (TPSA) is 137 Å². The van der Waals surface area contributed by atoms with E-state index in [4.69, 9.17) is 19.7 Å². The molecule has 0 aliphatic carbocycles. The van der Waals surface area contributed by atoms with Gasteiger partial charge in [-0.05, 0) is 0 Å². The molecule has 8 nitrogen and oxygen atoms in total. The van der Waals surface area contributed by atoms with Gasteiger partial charge in [-0.3, -0.25) is 0 Å². The van der Waals surface area contributed by atoms with Gasteiger partial charge >= 0.3 is 5.97 Å². The molecule has 1 aliphatic heterocycles. The highest BCUT2D eigenvalue weighted by atomic mass is 16.7. The molecule has 1 fully saturated rings. The molecule has 1 heterocycles. The smallest absolute Gasteiger partial charge is 0.335 e. The van der Waals surface area contributed by atoms with Crippen molar-refractivity contribution in [3.8, 4) is 0 Å². The Morgan fingerprint density at radius 1 is 1.16 bits per heavy atom. The van der Waals surface area contributed by atoms with Gasteiger partial charge in [-0.1, -0.05) is 6.58 Å². The lowest BCUT2D eigenvalue weighted by Gasteiger charge is -2.39. The maximum Gasteiger partial charge on any atom is 0.335 e. The van der Waals surface area contributed by atoms with Gasteiger partial charge in [-0.25, -0.2) is 4.79 Å². The normalized spacial score (nSPS) is 34.9. The quantitative estimate of drug-likeness (QED) is 0.270. The highest BCUT2D eigenvalue weighted by Gasteiger charge is 2.45. The number of esters is 1. The Labute approximate surface area is 109 Å². The first-order chi connectivity index (χ1) is 8.92. The van der Waals surface area contributed by atoms with Gasteiger partial charge in [0.05, 0.1) is 6.61 Å². The lowest BCUT2D eigenvalue weighted by Crippen LogP contribution is -2.59. The van der Waals surface area contributed by atoms with E-state index >= 15 is 0 Å². The molecule has 8 heteroatoms. The van der Waals surface area contributed by atoms with Gasteiger partial charge in [0.1, 0.15) is 24.4 Å². The predicted molar refractivity (Wildman–Crippen MR) is 60.7 cm³/mol. The Morgan fingerprint density at radius 2 is 1.79 bits per heavy atom. The molecule has 3 unspecified atom stereocenters. The Kier molecular flexibility index (Phi) is 5.85. The van der Waals surface area contributed by atoms with Crippen LogP contribution < -0.4 is 0 Å². The first kappa shape index (κ1) is 16.0. The summed E-state index contributed by atoms with van der Waals surface area (Å²) in [5.41, 5.74) is -0.0283. The van der Waals surface area contributed by atoms with Crippen molar-refractivity contribution in [2.24, 2.45) is 0 Å².